The molecule has 0 fully saturated rings. The molecule has 0 bridgehead atoms. The predicted octanol–water partition coefficient (Wildman–Crippen LogP) is 3.95. The molecule has 0 spiro atoms. The molecule has 1 aliphatic carbocycles. The fourth-order valence-corrected chi connectivity index (χ4v) is 2.89. The van der Waals surface area contributed by atoms with Gasteiger partial charge < -0.3 is 5.11 Å². The van der Waals surface area contributed by atoms with E-state index in [1.54, 1.807) is 24.4 Å². The van der Waals surface area contributed by atoms with E-state index in [1.807, 2.05) is 37.4 Å². The quantitative estimate of drug-likeness (QED) is 0.450. The average molecular weight is 313 g/mol. The number of phenols is 1. The van der Waals surface area contributed by atoms with Gasteiger partial charge in [-0.05, 0) is 36.2 Å². The minimum absolute atomic E-state index is 0.186. The van der Waals surface area contributed by atoms with E-state index < -0.39 is 0 Å². The van der Waals surface area contributed by atoms with E-state index in [-0.39, 0.29) is 5.75 Å². The van der Waals surface area contributed by atoms with Gasteiger partial charge in [0, 0.05) is 28.6 Å². The first-order chi connectivity index (χ1) is 11.7. The highest BCUT2D eigenvalue weighted by Crippen LogP contribution is 2.36. The molecular formula is C20H15N3O. The molecule has 0 unspecified atom stereocenters. The number of rotatable bonds is 2. The maximum atomic E-state index is 9.80. The Morgan fingerprint density at radius 3 is 2.50 bits per heavy atom. The number of nitrogens with zero attached hydrogens (tertiary/aromatic N) is 3. The lowest BCUT2D eigenvalue weighted by molar-refractivity contribution is 0.474. The lowest BCUT2D eigenvalue weighted by Gasteiger charge is -2.00. The zero-order valence-corrected chi connectivity index (χ0v) is 13.1. The Labute approximate surface area is 139 Å². The minimum atomic E-state index is 0.186. The van der Waals surface area contributed by atoms with Crippen molar-refractivity contribution in [3.8, 4) is 16.9 Å². The first-order valence-electron chi connectivity index (χ1n) is 7.70. The molecule has 3 aromatic rings. The third-order valence-corrected chi connectivity index (χ3v) is 4.06. The molecule has 0 radical (unpaired) electrons. The second kappa shape index (κ2) is 5.74. The Kier molecular flexibility index (Phi) is 3.43. The van der Waals surface area contributed by atoms with E-state index in [0.717, 1.165) is 33.7 Å². The van der Waals surface area contributed by atoms with Crippen LogP contribution in [0, 0.1) is 6.92 Å². The molecule has 2 aromatic carbocycles. The normalized spacial score (nSPS) is 14.1. The van der Waals surface area contributed by atoms with Gasteiger partial charge in [-0.15, -0.1) is 5.10 Å². The number of hydrogen-bond donors (Lipinski definition) is 1. The van der Waals surface area contributed by atoms with Gasteiger partial charge in [0.05, 0.1) is 6.21 Å². The summed E-state index contributed by atoms with van der Waals surface area (Å²) in [4.78, 5) is 4.39. The van der Waals surface area contributed by atoms with Crippen molar-refractivity contribution in [2.45, 2.75) is 6.92 Å². The number of fused-ring (bicyclic) bond motifs is 3. The van der Waals surface area contributed by atoms with Gasteiger partial charge in [-0.2, -0.15) is 5.10 Å². The molecule has 0 saturated carbocycles. The third kappa shape index (κ3) is 2.38. The van der Waals surface area contributed by atoms with Crippen LogP contribution in [0.5, 0.6) is 5.75 Å². The van der Waals surface area contributed by atoms with Crippen molar-refractivity contribution in [1.82, 2.24) is 4.98 Å². The summed E-state index contributed by atoms with van der Waals surface area (Å²) in [6.07, 6.45) is 3.41. The summed E-state index contributed by atoms with van der Waals surface area (Å²) in [6, 6.07) is 17.3. The SMILES string of the molecule is Cc1cc2c(cn1)C(=NN=Cc1ccccc1O)c1ccccc1-2. The minimum Gasteiger partial charge on any atom is -0.507 e. The fourth-order valence-electron chi connectivity index (χ4n) is 2.89. The van der Waals surface area contributed by atoms with Crippen LogP contribution in [0.2, 0.25) is 0 Å². The Bertz CT molecular complexity index is 990. The molecule has 1 heterocycles. The van der Waals surface area contributed by atoms with Crippen molar-refractivity contribution in [3.63, 3.8) is 0 Å². The highest BCUT2D eigenvalue weighted by molar-refractivity contribution is 6.24. The van der Waals surface area contributed by atoms with E-state index in [1.165, 1.54) is 0 Å². The Balaban J connectivity index is 1.80. The Hall–Kier alpha value is -3.27. The smallest absolute Gasteiger partial charge is 0.124 e. The number of aryl methyl sites for hydroxylation is 1. The van der Waals surface area contributed by atoms with Crippen molar-refractivity contribution in [2.75, 3.05) is 0 Å². The summed E-state index contributed by atoms with van der Waals surface area (Å²) in [5.41, 5.74) is 6.73. The van der Waals surface area contributed by atoms with Gasteiger partial charge in [0.2, 0.25) is 0 Å². The maximum Gasteiger partial charge on any atom is 0.124 e. The van der Waals surface area contributed by atoms with Crippen molar-refractivity contribution in [2.24, 2.45) is 10.2 Å². The number of benzene rings is 2. The Morgan fingerprint density at radius 1 is 0.917 bits per heavy atom. The molecule has 0 amide bonds. The van der Waals surface area contributed by atoms with Crippen molar-refractivity contribution in [3.05, 3.63) is 83.2 Å². The van der Waals surface area contributed by atoms with E-state index in [2.05, 4.69) is 27.3 Å². The van der Waals surface area contributed by atoms with Crippen LogP contribution in [-0.4, -0.2) is 22.0 Å². The lowest BCUT2D eigenvalue weighted by Crippen LogP contribution is -1.98. The summed E-state index contributed by atoms with van der Waals surface area (Å²) < 4.78 is 0. The van der Waals surface area contributed by atoms with Crippen LogP contribution in [0.25, 0.3) is 11.1 Å². The molecule has 0 atom stereocenters. The summed E-state index contributed by atoms with van der Waals surface area (Å²) in [5, 5.41) is 18.4. The molecule has 24 heavy (non-hydrogen) atoms. The Morgan fingerprint density at radius 2 is 1.67 bits per heavy atom. The number of aromatic hydroxyl groups is 1. The van der Waals surface area contributed by atoms with Crippen molar-refractivity contribution >= 4 is 11.9 Å². The van der Waals surface area contributed by atoms with Crippen molar-refractivity contribution < 1.29 is 5.11 Å². The first-order valence-corrected chi connectivity index (χ1v) is 7.70. The van der Waals surface area contributed by atoms with Gasteiger partial charge in [0.1, 0.15) is 11.5 Å². The van der Waals surface area contributed by atoms with Gasteiger partial charge in [0.15, 0.2) is 0 Å². The van der Waals surface area contributed by atoms with E-state index >= 15 is 0 Å². The second-order valence-electron chi connectivity index (χ2n) is 5.67. The maximum absolute atomic E-state index is 9.80. The van der Waals surface area contributed by atoms with Crippen LogP contribution in [0.4, 0.5) is 0 Å². The average Bonchev–Trinajstić information content (AvgIpc) is 2.90. The van der Waals surface area contributed by atoms with Gasteiger partial charge in [0.25, 0.3) is 0 Å². The van der Waals surface area contributed by atoms with Crippen LogP contribution >= 0.6 is 0 Å². The standard InChI is InChI=1S/C20H15N3O/c1-13-10-17-15-7-3-4-8-16(15)20(18(17)12-21-13)23-22-11-14-6-2-5-9-19(14)24/h2-12,24H,1H3. The summed E-state index contributed by atoms with van der Waals surface area (Å²) in [7, 11) is 0. The molecular weight excluding hydrogens is 298 g/mol. The number of phenolic OH excluding ortho intramolecular Hbond substituents is 1. The van der Waals surface area contributed by atoms with Gasteiger partial charge in [-0.25, -0.2) is 0 Å². The zero-order chi connectivity index (χ0) is 16.5. The first kappa shape index (κ1) is 14.3. The monoisotopic (exact) mass is 313 g/mol. The van der Waals surface area contributed by atoms with Crippen LogP contribution in [0.3, 0.4) is 0 Å². The molecule has 1 aromatic heterocycles. The number of para-hydroxylation sites is 1. The molecule has 4 heteroatoms. The zero-order valence-electron chi connectivity index (χ0n) is 13.1. The van der Waals surface area contributed by atoms with E-state index in [4.69, 9.17) is 0 Å². The van der Waals surface area contributed by atoms with Crippen molar-refractivity contribution in [1.29, 1.82) is 0 Å². The van der Waals surface area contributed by atoms with Gasteiger partial charge >= 0.3 is 0 Å². The highest BCUT2D eigenvalue weighted by atomic mass is 16.3. The van der Waals surface area contributed by atoms with Crippen LogP contribution < -0.4 is 0 Å². The third-order valence-electron chi connectivity index (χ3n) is 4.06. The number of aromatic nitrogens is 1. The molecule has 1 N–H and O–H groups in total. The summed E-state index contributed by atoms with van der Waals surface area (Å²) in [6.45, 7) is 1.98. The number of pyridine rings is 1. The lowest BCUT2D eigenvalue weighted by atomic mass is 10.1. The molecule has 0 aliphatic heterocycles. The fraction of sp³-hybridized carbons (Fsp3) is 0.0500. The second-order valence-corrected chi connectivity index (χ2v) is 5.67. The number of hydrogen-bond acceptors (Lipinski definition) is 4. The molecule has 0 saturated heterocycles. The van der Waals surface area contributed by atoms with E-state index in [0.29, 0.717) is 5.56 Å². The predicted molar refractivity (Wildman–Crippen MR) is 95.7 cm³/mol. The highest BCUT2D eigenvalue weighted by Gasteiger charge is 2.25. The molecule has 4 rings (SSSR count). The summed E-state index contributed by atoms with van der Waals surface area (Å²) >= 11 is 0. The van der Waals surface area contributed by atoms with Gasteiger partial charge in [-0.1, -0.05) is 36.4 Å². The van der Waals surface area contributed by atoms with Crippen LogP contribution in [0.15, 0.2) is 71.0 Å². The molecule has 4 nitrogen and oxygen atoms in total. The molecule has 116 valence electrons. The van der Waals surface area contributed by atoms with Crippen LogP contribution in [-0.2, 0) is 0 Å². The van der Waals surface area contributed by atoms with E-state index in [9.17, 15) is 5.11 Å². The largest absolute Gasteiger partial charge is 0.507 e. The molecule has 1 aliphatic rings. The topological polar surface area (TPSA) is 57.8 Å². The van der Waals surface area contributed by atoms with Gasteiger partial charge in [-0.3, -0.25) is 4.98 Å². The summed E-state index contributed by atoms with van der Waals surface area (Å²) in [5.74, 6) is 0.186. The van der Waals surface area contributed by atoms with Crippen LogP contribution in [0.1, 0.15) is 22.4 Å².